The molecule has 0 N–H and O–H groups in total. The molecule has 22 heavy (non-hydrogen) atoms. The lowest BCUT2D eigenvalue weighted by Crippen LogP contribution is -2.50. The molecule has 1 aliphatic heterocycles. The van der Waals surface area contributed by atoms with Crippen LogP contribution in [-0.2, 0) is 11.3 Å². The highest BCUT2D eigenvalue weighted by atomic mass is 16.2. The SMILES string of the molecule is CCN1CCN(C(=O)Cn2nc(C)n3cccc3c2=O)CC1. The van der Waals surface area contributed by atoms with Crippen LogP contribution >= 0.6 is 0 Å². The minimum atomic E-state index is -0.226. The van der Waals surface area contributed by atoms with Crippen LogP contribution < -0.4 is 5.56 Å². The first-order chi connectivity index (χ1) is 10.6. The zero-order valence-electron chi connectivity index (χ0n) is 13.0. The number of aromatic nitrogens is 3. The summed E-state index contributed by atoms with van der Waals surface area (Å²) in [6.07, 6.45) is 1.80. The summed E-state index contributed by atoms with van der Waals surface area (Å²) in [5, 5.41) is 4.25. The third-order valence-corrected chi connectivity index (χ3v) is 4.27. The summed E-state index contributed by atoms with van der Waals surface area (Å²) < 4.78 is 3.02. The highest BCUT2D eigenvalue weighted by Crippen LogP contribution is 2.04. The van der Waals surface area contributed by atoms with E-state index >= 15 is 0 Å². The number of likely N-dealkylation sites (N-methyl/N-ethyl adjacent to an activating group) is 1. The van der Waals surface area contributed by atoms with E-state index < -0.39 is 0 Å². The smallest absolute Gasteiger partial charge is 0.291 e. The van der Waals surface area contributed by atoms with Crippen LogP contribution in [0.1, 0.15) is 12.7 Å². The van der Waals surface area contributed by atoms with E-state index in [4.69, 9.17) is 0 Å². The van der Waals surface area contributed by atoms with Gasteiger partial charge in [-0.2, -0.15) is 5.10 Å². The number of rotatable bonds is 3. The zero-order valence-corrected chi connectivity index (χ0v) is 13.0. The Morgan fingerprint density at radius 2 is 2.00 bits per heavy atom. The predicted molar refractivity (Wildman–Crippen MR) is 82.9 cm³/mol. The molecule has 7 heteroatoms. The molecule has 0 unspecified atom stereocenters. The Hall–Kier alpha value is -2.15. The van der Waals surface area contributed by atoms with Gasteiger partial charge in [0, 0.05) is 32.4 Å². The second-order valence-electron chi connectivity index (χ2n) is 5.59. The van der Waals surface area contributed by atoms with Gasteiger partial charge in [-0.05, 0) is 25.6 Å². The van der Waals surface area contributed by atoms with Crippen molar-refractivity contribution in [1.82, 2.24) is 24.0 Å². The van der Waals surface area contributed by atoms with Gasteiger partial charge < -0.3 is 9.80 Å². The van der Waals surface area contributed by atoms with Crippen LogP contribution in [-0.4, -0.2) is 62.6 Å². The van der Waals surface area contributed by atoms with Crippen molar-refractivity contribution >= 4 is 11.4 Å². The van der Waals surface area contributed by atoms with E-state index in [0.717, 1.165) is 19.6 Å². The molecule has 0 atom stereocenters. The Labute approximate surface area is 128 Å². The van der Waals surface area contributed by atoms with Crippen LogP contribution in [0, 0.1) is 6.92 Å². The highest BCUT2D eigenvalue weighted by molar-refractivity contribution is 5.76. The fraction of sp³-hybridized carbons (Fsp3) is 0.533. The minimum absolute atomic E-state index is 0.00742. The van der Waals surface area contributed by atoms with Crippen molar-refractivity contribution in [3.05, 3.63) is 34.5 Å². The van der Waals surface area contributed by atoms with Crippen molar-refractivity contribution in [3.63, 3.8) is 0 Å². The maximum atomic E-state index is 12.4. The van der Waals surface area contributed by atoms with Crippen LogP contribution in [0.4, 0.5) is 0 Å². The fourth-order valence-electron chi connectivity index (χ4n) is 2.89. The molecule has 1 saturated heterocycles. The molecule has 0 radical (unpaired) electrons. The van der Waals surface area contributed by atoms with Crippen molar-refractivity contribution in [2.45, 2.75) is 20.4 Å². The van der Waals surface area contributed by atoms with Crippen molar-refractivity contribution < 1.29 is 4.79 Å². The van der Waals surface area contributed by atoms with Crippen molar-refractivity contribution in [3.8, 4) is 0 Å². The van der Waals surface area contributed by atoms with Crippen LogP contribution in [0.5, 0.6) is 0 Å². The van der Waals surface area contributed by atoms with Crippen LogP contribution in [0.15, 0.2) is 23.1 Å². The van der Waals surface area contributed by atoms with Gasteiger partial charge in [-0.1, -0.05) is 6.92 Å². The monoisotopic (exact) mass is 303 g/mol. The van der Waals surface area contributed by atoms with Gasteiger partial charge in [0.2, 0.25) is 5.91 Å². The maximum Gasteiger partial charge on any atom is 0.291 e. The second-order valence-corrected chi connectivity index (χ2v) is 5.59. The average molecular weight is 303 g/mol. The Balaban J connectivity index is 1.77. The van der Waals surface area contributed by atoms with E-state index in [9.17, 15) is 9.59 Å². The lowest BCUT2D eigenvalue weighted by atomic mass is 10.3. The third kappa shape index (κ3) is 2.64. The molecule has 1 fully saturated rings. The molecule has 118 valence electrons. The number of carbonyl (C=O) groups excluding carboxylic acids is 1. The van der Waals surface area contributed by atoms with E-state index in [-0.39, 0.29) is 18.0 Å². The van der Waals surface area contributed by atoms with Gasteiger partial charge in [-0.15, -0.1) is 0 Å². The molecule has 2 aromatic heterocycles. The summed E-state index contributed by atoms with van der Waals surface area (Å²) in [7, 11) is 0. The molecule has 2 aromatic rings. The van der Waals surface area contributed by atoms with Gasteiger partial charge in [-0.3, -0.25) is 14.0 Å². The number of fused-ring (bicyclic) bond motifs is 1. The molecule has 1 amide bonds. The Kier molecular flexibility index (Phi) is 3.98. The van der Waals surface area contributed by atoms with E-state index in [1.165, 1.54) is 4.68 Å². The van der Waals surface area contributed by atoms with E-state index in [0.29, 0.717) is 24.4 Å². The molecule has 3 rings (SSSR count). The Morgan fingerprint density at radius 1 is 1.27 bits per heavy atom. The van der Waals surface area contributed by atoms with Crippen molar-refractivity contribution in [2.24, 2.45) is 0 Å². The third-order valence-electron chi connectivity index (χ3n) is 4.27. The summed E-state index contributed by atoms with van der Waals surface area (Å²) in [5.74, 6) is 0.656. The molecule has 3 heterocycles. The summed E-state index contributed by atoms with van der Waals surface area (Å²) in [5.41, 5.74) is 0.326. The summed E-state index contributed by atoms with van der Waals surface area (Å²) >= 11 is 0. The summed E-state index contributed by atoms with van der Waals surface area (Å²) in [4.78, 5) is 28.9. The maximum absolute atomic E-state index is 12.4. The number of aryl methyl sites for hydroxylation is 1. The fourth-order valence-corrected chi connectivity index (χ4v) is 2.89. The van der Waals surface area contributed by atoms with Gasteiger partial charge in [-0.25, -0.2) is 4.68 Å². The highest BCUT2D eigenvalue weighted by Gasteiger charge is 2.21. The Bertz CT molecular complexity index is 740. The first-order valence-corrected chi connectivity index (χ1v) is 7.65. The first kappa shape index (κ1) is 14.8. The Morgan fingerprint density at radius 3 is 2.68 bits per heavy atom. The van der Waals surface area contributed by atoms with Gasteiger partial charge in [0.25, 0.3) is 5.56 Å². The molecular weight excluding hydrogens is 282 g/mol. The molecular formula is C15H21N5O2. The van der Waals surface area contributed by atoms with E-state index in [2.05, 4.69) is 16.9 Å². The standard InChI is InChI=1S/C15H21N5O2/c1-3-17-7-9-18(10-8-17)14(21)11-20-15(22)13-5-4-6-19(13)12(2)16-20/h4-6H,3,7-11H2,1-2H3. The number of hydrogen-bond acceptors (Lipinski definition) is 4. The van der Waals surface area contributed by atoms with Crippen molar-refractivity contribution in [1.29, 1.82) is 0 Å². The topological polar surface area (TPSA) is 62.9 Å². The lowest BCUT2D eigenvalue weighted by Gasteiger charge is -2.34. The first-order valence-electron chi connectivity index (χ1n) is 7.65. The second kappa shape index (κ2) is 5.92. The molecule has 0 aromatic carbocycles. The number of carbonyl (C=O) groups is 1. The van der Waals surface area contributed by atoms with Gasteiger partial charge in [0.05, 0.1) is 0 Å². The van der Waals surface area contributed by atoms with Gasteiger partial charge in [0.15, 0.2) is 0 Å². The summed E-state index contributed by atoms with van der Waals surface area (Å²) in [6, 6.07) is 3.56. The van der Waals surface area contributed by atoms with E-state index in [1.807, 2.05) is 17.9 Å². The minimum Gasteiger partial charge on any atom is -0.339 e. The number of amides is 1. The normalized spacial score (nSPS) is 16.4. The van der Waals surface area contributed by atoms with Crippen LogP contribution in [0.3, 0.4) is 0 Å². The molecule has 0 saturated carbocycles. The number of piperazine rings is 1. The summed E-state index contributed by atoms with van der Waals surface area (Å²) in [6.45, 7) is 8.18. The molecule has 0 spiro atoms. The lowest BCUT2D eigenvalue weighted by molar-refractivity contribution is -0.133. The van der Waals surface area contributed by atoms with E-state index in [1.54, 1.807) is 16.7 Å². The molecule has 0 aliphatic carbocycles. The average Bonchev–Trinajstić information content (AvgIpc) is 3.03. The molecule has 7 nitrogen and oxygen atoms in total. The van der Waals surface area contributed by atoms with Gasteiger partial charge >= 0.3 is 0 Å². The van der Waals surface area contributed by atoms with Gasteiger partial charge in [0.1, 0.15) is 17.9 Å². The largest absolute Gasteiger partial charge is 0.339 e. The predicted octanol–water partition coefficient (Wildman–Crippen LogP) is -0.0315. The quantitative estimate of drug-likeness (QED) is 0.799. The number of nitrogens with zero attached hydrogens (tertiary/aromatic N) is 5. The van der Waals surface area contributed by atoms with Crippen molar-refractivity contribution in [2.75, 3.05) is 32.7 Å². The van der Waals surface area contributed by atoms with Crippen LogP contribution in [0.2, 0.25) is 0 Å². The zero-order chi connectivity index (χ0) is 15.7. The number of hydrogen-bond donors (Lipinski definition) is 0. The molecule has 1 aliphatic rings. The van der Waals surface area contributed by atoms with Crippen LogP contribution in [0.25, 0.3) is 5.52 Å². The molecule has 0 bridgehead atoms.